The molecule has 0 aromatic carbocycles. The lowest BCUT2D eigenvalue weighted by molar-refractivity contribution is -0.129. The molecule has 0 saturated carbocycles. The summed E-state index contributed by atoms with van der Waals surface area (Å²) >= 11 is 11.5. The van der Waals surface area contributed by atoms with E-state index in [0.717, 1.165) is 32.1 Å². The van der Waals surface area contributed by atoms with Gasteiger partial charge in [-0.15, -0.1) is 23.2 Å². The Kier molecular flexibility index (Phi) is 11.5. The highest BCUT2D eigenvalue weighted by molar-refractivity contribution is 7.54. The first-order valence-electron chi connectivity index (χ1n) is 8.35. The van der Waals surface area contributed by atoms with E-state index in [-0.39, 0.29) is 5.91 Å². The molecular formula is C14H28Cl2N3O4P. The minimum atomic E-state index is -3.01. The maximum atomic E-state index is 12.8. The van der Waals surface area contributed by atoms with Crippen LogP contribution in [0.3, 0.4) is 0 Å². The van der Waals surface area contributed by atoms with E-state index in [4.69, 9.17) is 32.9 Å². The van der Waals surface area contributed by atoms with Gasteiger partial charge in [-0.1, -0.05) is 19.3 Å². The fraction of sp³-hybridized carbons (Fsp3) is 0.929. The number of hydroxylamine groups is 1. The van der Waals surface area contributed by atoms with Gasteiger partial charge in [-0.2, -0.15) is 0 Å². The molecular weight excluding hydrogens is 376 g/mol. The van der Waals surface area contributed by atoms with Crippen molar-refractivity contribution in [2.75, 3.05) is 38.0 Å². The Morgan fingerprint density at radius 1 is 1.25 bits per heavy atom. The van der Waals surface area contributed by atoms with Gasteiger partial charge in [0.25, 0.3) is 0 Å². The smallest absolute Gasteiger partial charge is 0.306 e. The second-order valence-electron chi connectivity index (χ2n) is 5.86. The molecule has 0 aliphatic carbocycles. The standard InChI is InChI=1S/C14H28Cl2N3O4P/c15-7-9-19(10-8-16)24(22)17-11-13(12-23-24)5-3-1-2-4-6-14(20)18-21/h13,21H,1-12H2,(H,17,22)(H,18,20). The number of nitrogens with zero attached hydrogens (tertiary/aromatic N) is 1. The number of amides is 1. The highest BCUT2D eigenvalue weighted by Gasteiger charge is 2.35. The molecule has 0 radical (unpaired) electrons. The first kappa shape index (κ1) is 22.2. The zero-order chi connectivity index (χ0) is 17.8. The second-order valence-corrected chi connectivity index (χ2v) is 8.80. The average molecular weight is 404 g/mol. The topological polar surface area (TPSA) is 90.9 Å². The van der Waals surface area contributed by atoms with Gasteiger partial charge in [0.05, 0.1) is 6.61 Å². The molecule has 0 bridgehead atoms. The molecule has 7 nitrogen and oxygen atoms in total. The van der Waals surface area contributed by atoms with Crippen molar-refractivity contribution in [3.63, 3.8) is 0 Å². The number of hydrogen-bond donors (Lipinski definition) is 3. The summed E-state index contributed by atoms with van der Waals surface area (Å²) in [5, 5.41) is 11.4. The van der Waals surface area contributed by atoms with E-state index in [1.54, 1.807) is 10.2 Å². The molecule has 24 heavy (non-hydrogen) atoms. The van der Waals surface area contributed by atoms with Crippen molar-refractivity contribution in [3.05, 3.63) is 0 Å². The number of halogens is 2. The van der Waals surface area contributed by atoms with Crippen molar-refractivity contribution in [3.8, 4) is 0 Å². The van der Waals surface area contributed by atoms with E-state index in [1.165, 1.54) is 0 Å². The Balaban J connectivity index is 2.20. The summed E-state index contributed by atoms with van der Waals surface area (Å²) in [6.07, 6.45) is 5.12. The summed E-state index contributed by atoms with van der Waals surface area (Å²) in [7, 11) is -3.01. The van der Waals surface area contributed by atoms with Gasteiger partial charge in [0.2, 0.25) is 5.91 Å². The molecule has 1 aliphatic heterocycles. The van der Waals surface area contributed by atoms with Gasteiger partial charge in [-0.25, -0.2) is 15.2 Å². The predicted octanol–water partition coefficient (Wildman–Crippen LogP) is 2.96. The number of rotatable bonds is 12. The lowest BCUT2D eigenvalue weighted by Gasteiger charge is -2.36. The van der Waals surface area contributed by atoms with E-state index < -0.39 is 7.67 Å². The maximum absolute atomic E-state index is 12.8. The third kappa shape index (κ3) is 8.00. The summed E-state index contributed by atoms with van der Waals surface area (Å²) in [5.74, 6) is 0.753. The Hall–Kier alpha value is 0.120. The first-order chi connectivity index (χ1) is 11.6. The van der Waals surface area contributed by atoms with Gasteiger partial charge in [0, 0.05) is 37.8 Å². The number of carbonyl (C=O) groups excluding carboxylic acids is 1. The Morgan fingerprint density at radius 3 is 2.46 bits per heavy atom. The summed E-state index contributed by atoms with van der Waals surface area (Å²) in [6, 6.07) is 0. The molecule has 1 heterocycles. The van der Waals surface area contributed by atoms with Gasteiger partial charge in [0.15, 0.2) is 0 Å². The molecule has 1 fully saturated rings. The van der Waals surface area contributed by atoms with Crippen molar-refractivity contribution in [1.29, 1.82) is 0 Å². The van der Waals surface area contributed by atoms with Crippen LogP contribution < -0.4 is 10.6 Å². The predicted molar refractivity (Wildman–Crippen MR) is 95.7 cm³/mol. The molecule has 10 heteroatoms. The lowest BCUT2D eigenvalue weighted by atomic mass is 10.0. The first-order valence-corrected chi connectivity index (χ1v) is 11.0. The number of hydrogen-bond acceptors (Lipinski definition) is 4. The van der Waals surface area contributed by atoms with Gasteiger partial charge >= 0.3 is 7.67 Å². The molecule has 0 spiro atoms. The molecule has 1 amide bonds. The van der Waals surface area contributed by atoms with Gasteiger partial charge < -0.3 is 4.52 Å². The molecule has 3 N–H and O–H groups in total. The van der Waals surface area contributed by atoms with Crippen LogP contribution in [0.25, 0.3) is 0 Å². The lowest BCUT2D eigenvalue weighted by Crippen LogP contribution is -2.39. The van der Waals surface area contributed by atoms with Crippen LogP contribution in [0, 0.1) is 5.92 Å². The normalized spacial score (nSPS) is 24.2. The van der Waals surface area contributed by atoms with E-state index in [9.17, 15) is 9.36 Å². The molecule has 1 rings (SSSR count). The summed E-state index contributed by atoms with van der Waals surface area (Å²) in [6.45, 7) is 2.08. The molecule has 0 aromatic rings. The van der Waals surface area contributed by atoms with Crippen molar-refractivity contribution in [1.82, 2.24) is 15.2 Å². The fourth-order valence-electron chi connectivity index (χ4n) is 2.62. The van der Waals surface area contributed by atoms with Crippen molar-refractivity contribution in [2.24, 2.45) is 5.92 Å². The SMILES string of the molecule is O=C(CCCCCCC1CNP(=O)(N(CCCl)CCCl)OC1)NO. The Bertz CT molecular complexity index is 399. The number of unbranched alkanes of at least 4 members (excludes halogenated alkanes) is 3. The van der Waals surface area contributed by atoms with Crippen LogP contribution in [0.2, 0.25) is 0 Å². The fourth-order valence-corrected chi connectivity index (χ4v) is 5.35. The van der Waals surface area contributed by atoms with Gasteiger partial charge in [-0.05, 0) is 18.8 Å². The van der Waals surface area contributed by atoms with E-state index >= 15 is 0 Å². The average Bonchev–Trinajstić information content (AvgIpc) is 2.59. The van der Waals surface area contributed by atoms with E-state index in [1.807, 2.05) is 0 Å². The maximum Gasteiger partial charge on any atom is 0.343 e. The number of nitrogens with one attached hydrogen (secondary N) is 2. The van der Waals surface area contributed by atoms with Crippen LogP contribution in [0.4, 0.5) is 0 Å². The minimum Gasteiger partial charge on any atom is -0.306 e. The third-order valence-electron chi connectivity index (χ3n) is 4.01. The summed E-state index contributed by atoms with van der Waals surface area (Å²) in [4.78, 5) is 10.9. The molecule has 1 aliphatic rings. The highest BCUT2D eigenvalue weighted by atomic mass is 35.5. The van der Waals surface area contributed by atoms with Crippen molar-refractivity contribution < 1.29 is 19.1 Å². The van der Waals surface area contributed by atoms with Crippen LogP contribution in [-0.2, 0) is 13.9 Å². The van der Waals surface area contributed by atoms with Gasteiger partial charge in [-0.3, -0.25) is 14.6 Å². The zero-order valence-corrected chi connectivity index (χ0v) is 16.3. The zero-order valence-electron chi connectivity index (χ0n) is 13.9. The molecule has 2 unspecified atom stereocenters. The Labute approximate surface area is 153 Å². The molecule has 2 atom stereocenters. The Morgan fingerprint density at radius 2 is 1.92 bits per heavy atom. The van der Waals surface area contributed by atoms with Crippen LogP contribution in [0.15, 0.2) is 0 Å². The quantitative estimate of drug-likeness (QED) is 0.152. The summed E-state index contributed by atoms with van der Waals surface area (Å²) < 4.78 is 20.1. The van der Waals surface area contributed by atoms with Crippen LogP contribution >= 0.6 is 30.9 Å². The van der Waals surface area contributed by atoms with Crippen LogP contribution in [0.1, 0.15) is 38.5 Å². The van der Waals surface area contributed by atoms with E-state index in [2.05, 4.69) is 5.09 Å². The largest absolute Gasteiger partial charge is 0.343 e. The van der Waals surface area contributed by atoms with Crippen LogP contribution in [-0.4, -0.2) is 53.8 Å². The molecule has 1 saturated heterocycles. The monoisotopic (exact) mass is 403 g/mol. The molecule has 0 aromatic heterocycles. The summed E-state index contributed by atoms with van der Waals surface area (Å²) in [5.41, 5.74) is 1.63. The van der Waals surface area contributed by atoms with Crippen molar-refractivity contribution in [2.45, 2.75) is 38.5 Å². The third-order valence-corrected chi connectivity index (χ3v) is 6.58. The highest BCUT2D eigenvalue weighted by Crippen LogP contribution is 2.49. The van der Waals surface area contributed by atoms with Gasteiger partial charge in [0.1, 0.15) is 0 Å². The van der Waals surface area contributed by atoms with Crippen molar-refractivity contribution >= 4 is 36.8 Å². The van der Waals surface area contributed by atoms with Crippen LogP contribution in [0.5, 0.6) is 0 Å². The van der Waals surface area contributed by atoms with E-state index in [0.29, 0.717) is 50.3 Å². The number of carbonyl (C=O) groups is 1. The number of alkyl halides is 2. The minimum absolute atomic E-state index is 0.335. The second kappa shape index (κ2) is 12.5. The molecule has 142 valence electrons.